The monoisotopic (exact) mass is 788 g/mol. The van der Waals surface area contributed by atoms with Crippen molar-refractivity contribution < 1.29 is 44.7 Å². The maximum absolute atomic E-state index is 14.3. The van der Waals surface area contributed by atoms with E-state index < -0.39 is 32.3 Å². The highest BCUT2D eigenvalue weighted by molar-refractivity contribution is 7.89. The molecule has 54 heavy (non-hydrogen) atoms. The summed E-state index contributed by atoms with van der Waals surface area (Å²) in [5.41, 5.74) is 4.89. The van der Waals surface area contributed by atoms with Crippen LogP contribution in [0.4, 0.5) is 5.69 Å². The summed E-state index contributed by atoms with van der Waals surface area (Å²) >= 11 is 0. The topological polar surface area (TPSA) is 130 Å². The van der Waals surface area contributed by atoms with E-state index in [1.165, 1.54) is 4.31 Å². The summed E-state index contributed by atoms with van der Waals surface area (Å²) < 4.78 is 88.5. The lowest BCUT2D eigenvalue weighted by atomic mass is 9.83. The third-order valence-electron chi connectivity index (χ3n) is 9.82. The number of anilines is 1. The van der Waals surface area contributed by atoms with Crippen LogP contribution in [0, 0.1) is 6.92 Å². The van der Waals surface area contributed by atoms with Crippen molar-refractivity contribution in [1.82, 2.24) is 4.31 Å². The predicted molar refractivity (Wildman–Crippen MR) is 208 cm³/mol. The average molecular weight is 789 g/mol. The highest BCUT2D eigenvalue weighted by Gasteiger charge is 2.43. The Hall–Kier alpha value is -3.08. The number of aryl methyl sites for hydroxylation is 1. The minimum absolute atomic E-state index is 0.00136. The molecular formula is C40H56N2O10S2. The fourth-order valence-electron chi connectivity index (χ4n) is 7.05. The molecule has 0 aromatic heterocycles. The zero-order valence-electron chi connectivity index (χ0n) is 32.1. The second-order valence-corrected chi connectivity index (χ2v) is 17.6. The average Bonchev–Trinajstić information content (AvgIpc) is 3.14. The summed E-state index contributed by atoms with van der Waals surface area (Å²) in [6.07, 6.45) is 1.95. The van der Waals surface area contributed by atoms with Gasteiger partial charge >= 0.3 is 0 Å². The Balaban J connectivity index is 1.43. The Morgan fingerprint density at radius 2 is 1.69 bits per heavy atom. The fraction of sp³-hybridized carbons (Fsp3) is 0.550. The number of methoxy groups -OCH3 is 1. The van der Waals surface area contributed by atoms with Crippen molar-refractivity contribution in [2.75, 3.05) is 70.9 Å². The number of sulfonamides is 1. The van der Waals surface area contributed by atoms with Crippen LogP contribution >= 0.6 is 0 Å². The van der Waals surface area contributed by atoms with Crippen LogP contribution in [-0.4, -0.2) is 105 Å². The molecule has 1 fully saturated rings. The summed E-state index contributed by atoms with van der Waals surface area (Å²) in [6.45, 7) is 10.5. The van der Waals surface area contributed by atoms with E-state index in [0.717, 1.165) is 59.5 Å². The Labute approximate surface area is 321 Å². The number of nitrogens with zero attached hydrogens (tertiary/aromatic N) is 2. The molecule has 2 aliphatic rings. The molecule has 0 radical (unpaired) electrons. The van der Waals surface area contributed by atoms with E-state index in [1.807, 2.05) is 57.2 Å². The number of benzene rings is 3. The molecule has 3 aromatic carbocycles. The van der Waals surface area contributed by atoms with E-state index in [0.29, 0.717) is 39.5 Å². The van der Waals surface area contributed by atoms with Crippen molar-refractivity contribution in [1.29, 1.82) is 0 Å². The lowest BCUT2D eigenvalue weighted by molar-refractivity contribution is -0.0220. The summed E-state index contributed by atoms with van der Waals surface area (Å²) in [4.78, 5) is 2.47. The van der Waals surface area contributed by atoms with Gasteiger partial charge in [0.1, 0.15) is 12.4 Å². The van der Waals surface area contributed by atoms with E-state index >= 15 is 0 Å². The summed E-state index contributed by atoms with van der Waals surface area (Å²) in [5.74, 6) is 0.626. The highest BCUT2D eigenvalue weighted by Crippen LogP contribution is 2.39. The van der Waals surface area contributed by atoms with E-state index in [-0.39, 0.29) is 43.1 Å². The van der Waals surface area contributed by atoms with Crippen molar-refractivity contribution in [3.63, 3.8) is 0 Å². The van der Waals surface area contributed by atoms with E-state index in [1.54, 1.807) is 31.4 Å². The number of ether oxygens (including phenoxy) is 5. The third kappa shape index (κ3) is 11.7. The molecule has 298 valence electrons. The van der Waals surface area contributed by atoms with Gasteiger partial charge in [0.25, 0.3) is 10.1 Å². The molecule has 3 aromatic rings. The van der Waals surface area contributed by atoms with Crippen molar-refractivity contribution in [3.8, 4) is 5.75 Å². The third-order valence-corrected chi connectivity index (χ3v) is 12.3. The van der Waals surface area contributed by atoms with Gasteiger partial charge in [0.05, 0.1) is 62.0 Å². The first-order chi connectivity index (χ1) is 25.9. The molecule has 1 saturated heterocycles. The van der Waals surface area contributed by atoms with Gasteiger partial charge < -0.3 is 28.6 Å². The van der Waals surface area contributed by atoms with Crippen LogP contribution in [0.5, 0.6) is 5.75 Å². The lowest BCUT2D eigenvalue weighted by Crippen LogP contribution is -2.52. The zero-order valence-corrected chi connectivity index (χ0v) is 33.8. The SMILES string of the molecule is CCO[C@H](C)COCc1ccc([C@H]2C[C@H](CCOS(C)(=O)=O)N(S(=O)(=O)c3ccc(C)cc3)C[C@@H]2OCc2ccc3c(c2)N(CCCOC)CCO3)cc1. The fourth-order valence-corrected chi connectivity index (χ4v) is 9.13. The van der Waals surface area contributed by atoms with Gasteiger partial charge in [0.2, 0.25) is 10.0 Å². The number of hydrogen-bond acceptors (Lipinski definition) is 11. The van der Waals surface area contributed by atoms with Gasteiger partial charge in [0.15, 0.2) is 0 Å². The molecule has 0 amide bonds. The minimum Gasteiger partial charge on any atom is -0.490 e. The maximum atomic E-state index is 14.3. The van der Waals surface area contributed by atoms with E-state index in [2.05, 4.69) is 11.0 Å². The second-order valence-electron chi connectivity index (χ2n) is 14.1. The number of rotatable bonds is 20. The summed E-state index contributed by atoms with van der Waals surface area (Å²) in [5, 5.41) is 0. The largest absolute Gasteiger partial charge is 0.490 e. The number of hydrogen-bond donors (Lipinski definition) is 0. The quantitative estimate of drug-likeness (QED) is 0.104. The van der Waals surface area contributed by atoms with Gasteiger partial charge in [-0.15, -0.1) is 0 Å². The molecule has 12 nitrogen and oxygen atoms in total. The molecule has 0 N–H and O–H groups in total. The summed E-state index contributed by atoms with van der Waals surface area (Å²) in [7, 11) is -6.00. The van der Waals surface area contributed by atoms with Crippen molar-refractivity contribution >= 4 is 25.8 Å². The molecule has 14 heteroatoms. The first-order valence-corrected chi connectivity index (χ1v) is 22.0. The van der Waals surface area contributed by atoms with Gasteiger partial charge in [-0.2, -0.15) is 12.7 Å². The van der Waals surface area contributed by atoms with E-state index in [4.69, 9.17) is 27.9 Å². The Morgan fingerprint density at radius 1 is 0.944 bits per heavy atom. The zero-order chi connectivity index (χ0) is 38.7. The number of fused-ring (bicyclic) bond motifs is 1. The molecule has 0 spiro atoms. The molecule has 2 aliphatic heterocycles. The molecule has 0 saturated carbocycles. The van der Waals surface area contributed by atoms with Crippen molar-refractivity contribution in [2.45, 2.75) is 82.3 Å². The molecule has 2 heterocycles. The Morgan fingerprint density at radius 3 is 2.39 bits per heavy atom. The molecule has 0 bridgehead atoms. The van der Waals surface area contributed by atoms with Crippen LogP contribution in [0.15, 0.2) is 71.6 Å². The molecule has 0 aliphatic carbocycles. The molecule has 5 rings (SSSR count). The van der Waals surface area contributed by atoms with Crippen LogP contribution in [-0.2, 0) is 56.5 Å². The number of piperidine rings is 1. The smallest absolute Gasteiger partial charge is 0.264 e. The summed E-state index contributed by atoms with van der Waals surface area (Å²) in [6, 6.07) is 20.4. The lowest BCUT2D eigenvalue weighted by Gasteiger charge is -2.43. The van der Waals surface area contributed by atoms with Crippen molar-refractivity contribution in [2.24, 2.45) is 0 Å². The van der Waals surface area contributed by atoms with Gasteiger partial charge in [0, 0.05) is 45.4 Å². The maximum Gasteiger partial charge on any atom is 0.264 e. The normalized spacial score (nSPS) is 20.0. The predicted octanol–water partition coefficient (Wildman–Crippen LogP) is 5.67. The van der Waals surface area contributed by atoms with Crippen LogP contribution in [0.1, 0.15) is 61.3 Å². The molecule has 4 atom stereocenters. The van der Waals surface area contributed by atoms with Crippen LogP contribution in [0.3, 0.4) is 0 Å². The molecular weight excluding hydrogens is 733 g/mol. The van der Waals surface area contributed by atoms with Gasteiger partial charge in [-0.3, -0.25) is 4.18 Å². The second kappa shape index (κ2) is 19.7. The molecule has 0 unspecified atom stereocenters. The van der Waals surface area contributed by atoms with E-state index in [9.17, 15) is 16.8 Å². The van der Waals surface area contributed by atoms with Crippen LogP contribution in [0.25, 0.3) is 0 Å². The first kappa shape index (κ1) is 42.1. The van der Waals surface area contributed by atoms with Gasteiger partial charge in [-0.05, 0) is 81.0 Å². The van der Waals surface area contributed by atoms with Gasteiger partial charge in [-0.1, -0.05) is 48.0 Å². The van der Waals surface area contributed by atoms with Crippen LogP contribution in [0.2, 0.25) is 0 Å². The Kier molecular flexibility index (Phi) is 15.3. The Bertz CT molecular complexity index is 1840. The standard InChI is InChI=1S/C40H56N2O10S2/c1-6-49-31(3)27-48-28-32-10-13-34(14-11-32)37-25-35(18-22-52-53(5,43)44)42(54(45,46)36-15-8-30(2)9-16-36)26-40(37)51-29-33-12-17-39-38(24-33)41(20-23-50-39)19-7-21-47-4/h8-17,24,31,35,37,40H,6-7,18-23,25-29H2,1-5H3/t31-,35+,37-,40+/m1/s1. The van der Waals surface area contributed by atoms with Gasteiger partial charge in [-0.25, -0.2) is 8.42 Å². The first-order valence-electron chi connectivity index (χ1n) is 18.7. The minimum atomic E-state index is -3.99. The highest BCUT2D eigenvalue weighted by atomic mass is 32.2. The van der Waals surface area contributed by atoms with Crippen molar-refractivity contribution in [3.05, 3.63) is 89.0 Å². The van der Waals surface area contributed by atoms with Crippen LogP contribution < -0.4 is 9.64 Å².